The van der Waals surface area contributed by atoms with Crippen LogP contribution in [0.1, 0.15) is 26.5 Å². The van der Waals surface area contributed by atoms with Crippen LogP contribution in [0.2, 0.25) is 0 Å². The molecule has 0 aliphatic heterocycles. The first kappa shape index (κ1) is 22.0. The maximum absolute atomic E-state index is 13.5. The van der Waals surface area contributed by atoms with Crippen LogP contribution in [0.15, 0.2) is 113 Å². The van der Waals surface area contributed by atoms with Crippen molar-refractivity contribution in [1.82, 2.24) is 9.55 Å². The molecule has 0 saturated heterocycles. The summed E-state index contributed by atoms with van der Waals surface area (Å²) in [7, 11) is 0. The fourth-order valence-electron chi connectivity index (χ4n) is 5.31. The molecule has 7 aromatic rings. The number of nitrogens with zero attached hydrogens (tertiary/aromatic N) is 2. The first-order valence-electron chi connectivity index (χ1n) is 12.5. The third kappa shape index (κ3) is 3.35. The molecule has 39 heavy (non-hydrogen) atoms. The van der Waals surface area contributed by atoms with Gasteiger partial charge in [0.25, 0.3) is 0 Å². The fraction of sp³-hybridized carbons (Fsp3) is 0. The van der Waals surface area contributed by atoms with Crippen molar-refractivity contribution in [3.8, 4) is 16.3 Å². The van der Waals surface area contributed by atoms with Gasteiger partial charge in [-0.1, -0.05) is 72.8 Å². The van der Waals surface area contributed by atoms with E-state index in [1.807, 2.05) is 89.5 Å². The molecule has 0 unspecified atom stereocenters. The molecular weight excluding hydrogens is 504 g/mol. The van der Waals surface area contributed by atoms with Crippen LogP contribution in [0.5, 0.6) is 0 Å². The summed E-state index contributed by atoms with van der Waals surface area (Å²) in [6.07, 6.45) is 1.61. The molecule has 0 radical (unpaired) electrons. The van der Waals surface area contributed by atoms with Crippen LogP contribution in [-0.4, -0.2) is 21.1 Å². The highest BCUT2D eigenvalue weighted by Crippen LogP contribution is 2.37. The Morgan fingerprint density at radius 3 is 2.05 bits per heavy atom. The maximum atomic E-state index is 13.5. The molecule has 1 aliphatic carbocycles. The van der Waals surface area contributed by atoms with Gasteiger partial charge in [-0.25, -0.2) is 0 Å². The molecule has 1 aliphatic rings. The van der Waals surface area contributed by atoms with Crippen LogP contribution in [0.3, 0.4) is 0 Å². The van der Waals surface area contributed by atoms with Crippen molar-refractivity contribution in [2.24, 2.45) is 0 Å². The number of rotatable bonds is 3. The number of allylic oxidation sites excluding steroid dienone is 1. The summed E-state index contributed by atoms with van der Waals surface area (Å²) in [5.74, 6) is 0.611. The summed E-state index contributed by atoms with van der Waals surface area (Å²) in [4.78, 5) is 31.8. The second-order valence-corrected chi connectivity index (χ2v) is 10.6. The summed E-state index contributed by atoms with van der Waals surface area (Å²) in [6.45, 7) is 0. The van der Waals surface area contributed by atoms with E-state index in [0.717, 1.165) is 36.9 Å². The smallest absolute Gasteiger partial charge is 0.246 e. The van der Waals surface area contributed by atoms with Gasteiger partial charge in [0.15, 0.2) is 11.6 Å². The Morgan fingerprint density at radius 2 is 1.36 bits per heavy atom. The van der Waals surface area contributed by atoms with Crippen molar-refractivity contribution in [3.63, 3.8) is 0 Å². The van der Waals surface area contributed by atoms with Gasteiger partial charge in [-0.3, -0.25) is 14.2 Å². The Balaban J connectivity index is 1.33. The average molecular weight is 523 g/mol. The van der Waals surface area contributed by atoms with Crippen LogP contribution >= 0.6 is 11.3 Å². The number of furan rings is 1. The second-order valence-electron chi connectivity index (χ2n) is 9.56. The average Bonchev–Trinajstić information content (AvgIpc) is 3.71. The highest BCUT2D eigenvalue weighted by molar-refractivity contribution is 7.21. The number of Topliss-reactive ketones (excluding diaryl/α,β-unsaturated/α-hetero) is 2. The molecule has 0 spiro atoms. The lowest BCUT2D eigenvalue weighted by Crippen LogP contribution is -2.03. The van der Waals surface area contributed by atoms with Crippen molar-refractivity contribution in [1.29, 1.82) is 0 Å². The van der Waals surface area contributed by atoms with Gasteiger partial charge >= 0.3 is 0 Å². The van der Waals surface area contributed by atoms with E-state index < -0.39 is 0 Å². The van der Waals surface area contributed by atoms with Gasteiger partial charge in [-0.15, -0.1) is 11.3 Å². The molecular formula is C33H18N2O3S. The van der Waals surface area contributed by atoms with Crippen molar-refractivity contribution < 1.29 is 14.0 Å². The molecule has 0 atom stereocenters. The molecule has 0 bridgehead atoms. The number of hydrogen-bond donors (Lipinski definition) is 0. The normalized spacial score (nSPS) is 13.2. The highest BCUT2D eigenvalue weighted by atomic mass is 32.1. The number of benzene rings is 4. The minimum atomic E-state index is -0.284. The first-order chi connectivity index (χ1) is 19.1. The van der Waals surface area contributed by atoms with E-state index in [4.69, 9.17) is 9.40 Å². The second kappa shape index (κ2) is 8.21. The molecule has 5 nitrogen and oxygen atoms in total. The van der Waals surface area contributed by atoms with E-state index in [1.165, 1.54) is 0 Å². The van der Waals surface area contributed by atoms with Crippen LogP contribution in [0, 0.1) is 0 Å². The third-order valence-corrected chi connectivity index (χ3v) is 8.31. The molecule has 184 valence electrons. The number of carbonyl (C=O) groups is 2. The standard InChI is InChI=1S/C33H18N2O3S/c36-31-23-14-20-10-4-5-11-21(20)15-24(23)32(37)25(31)17-29-34-33-26(18-27(38-33)19-8-2-1-3-9-19)35(29)30-16-22-12-6-7-13-28(22)39-30/h1-18H. The van der Waals surface area contributed by atoms with Crippen molar-refractivity contribution in [3.05, 3.63) is 126 Å². The van der Waals surface area contributed by atoms with Crippen molar-refractivity contribution >= 4 is 61.1 Å². The molecule has 0 N–H and O–H groups in total. The van der Waals surface area contributed by atoms with E-state index >= 15 is 0 Å². The van der Waals surface area contributed by atoms with Gasteiger partial charge in [0.05, 0.1) is 5.57 Å². The number of ketones is 2. The lowest BCUT2D eigenvalue weighted by Gasteiger charge is -2.03. The largest absolute Gasteiger partial charge is 0.436 e. The van der Waals surface area contributed by atoms with Gasteiger partial charge in [0.1, 0.15) is 22.1 Å². The van der Waals surface area contributed by atoms with Crippen molar-refractivity contribution in [2.45, 2.75) is 0 Å². The number of aromatic nitrogens is 2. The van der Waals surface area contributed by atoms with Crippen LogP contribution in [-0.2, 0) is 0 Å². The molecule has 8 rings (SSSR count). The zero-order valence-electron chi connectivity index (χ0n) is 20.4. The summed E-state index contributed by atoms with van der Waals surface area (Å²) >= 11 is 1.62. The first-order valence-corrected chi connectivity index (χ1v) is 13.4. The van der Waals surface area contributed by atoms with Gasteiger partial charge < -0.3 is 4.42 Å². The molecule has 4 aromatic carbocycles. The fourth-order valence-corrected chi connectivity index (χ4v) is 6.40. The van der Waals surface area contributed by atoms with E-state index in [1.54, 1.807) is 17.4 Å². The number of carbonyl (C=O) groups excluding carboxylic acids is 2. The lowest BCUT2D eigenvalue weighted by molar-refractivity contribution is 0.0990. The Hall–Kier alpha value is -5.07. The molecule has 6 heteroatoms. The summed E-state index contributed by atoms with van der Waals surface area (Å²) < 4.78 is 9.28. The number of imidazole rings is 1. The van der Waals surface area contributed by atoms with E-state index in [2.05, 4.69) is 18.2 Å². The summed E-state index contributed by atoms with van der Waals surface area (Å²) in [5, 5.41) is 3.89. The lowest BCUT2D eigenvalue weighted by atomic mass is 10.0. The number of thiophene rings is 1. The van der Waals surface area contributed by atoms with Gasteiger partial charge in [0, 0.05) is 27.5 Å². The van der Waals surface area contributed by atoms with Gasteiger partial charge in [-0.05, 0) is 46.5 Å². The van der Waals surface area contributed by atoms with Gasteiger partial charge in [-0.2, -0.15) is 4.98 Å². The number of hydrogen-bond acceptors (Lipinski definition) is 5. The van der Waals surface area contributed by atoms with Crippen LogP contribution in [0.4, 0.5) is 0 Å². The van der Waals surface area contributed by atoms with Gasteiger partial charge in [0.2, 0.25) is 5.71 Å². The Labute approximate surface area is 226 Å². The molecule has 3 heterocycles. The topological polar surface area (TPSA) is 65.1 Å². The zero-order chi connectivity index (χ0) is 26.1. The minimum Gasteiger partial charge on any atom is -0.436 e. The highest BCUT2D eigenvalue weighted by Gasteiger charge is 2.34. The predicted octanol–water partition coefficient (Wildman–Crippen LogP) is 8.12. The van der Waals surface area contributed by atoms with Crippen molar-refractivity contribution in [2.75, 3.05) is 0 Å². The third-order valence-electron chi connectivity index (χ3n) is 7.21. The van der Waals surface area contributed by atoms with Crippen LogP contribution in [0.25, 0.3) is 54.5 Å². The predicted molar refractivity (Wildman–Crippen MR) is 155 cm³/mol. The molecule has 3 aromatic heterocycles. The van der Waals surface area contributed by atoms with E-state index in [0.29, 0.717) is 28.4 Å². The molecule has 0 amide bonds. The number of fused-ring (bicyclic) bond motifs is 4. The maximum Gasteiger partial charge on any atom is 0.246 e. The molecule has 0 saturated carbocycles. The van der Waals surface area contributed by atoms with E-state index in [9.17, 15) is 9.59 Å². The zero-order valence-corrected chi connectivity index (χ0v) is 21.2. The quantitative estimate of drug-likeness (QED) is 0.174. The summed E-state index contributed by atoms with van der Waals surface area (Å²) in [6, 6.07) is 33.4. The SMILES string of the molecule is O=C1C(=Cc2nc3oc(-c4ccccc4)cc3n2-c2cc3ccccc3s2)C(=O)c2cc3ccccc3cc21. The Kier molecular flexibility index (Phi) is 4.63. The Morgan fingerprint density at radius 1 is 0.718 bits per heavy atom. The minimum absolute atomic E-state index is 0.110. The summed E-state index contributed by atoms with van der Waals surface area (Å²) in [5.41, 5.74) is 3.13. The Bertz CT molecular complexity index is 2070. The molecule has 0 fully saturated rings. The van der Waals surface area contributed by atoms with E-state index in [-0.39, 0.29) is 17.1 Å². The monoisotopic (exact) mass is 522 g/mol. The van der Waals surface area contributed by atoms with Crippen LogP contribution < -0.4 is 0 Å².